The molecule has 0 aliphatic heterocycles. The first-order chi connectivity index (χ1) is 7.57. The number of carbonyl (C=O) groups is 1. The Kier molecular flexibility index (Phi) is 4.84. The molecule has 0 fully saturated rings. The van der Waals surface area contributed by atoms with Gasteiger partial charge in [-0.25, -0.2) is 4.79 Å². The summed E-state index contributed by atoms with van der Waals surface area (Å²) < 4.78 is 4.86. The predicted octanol–water partition coefficient (Wildman–Crippen LogP) is 3.87. The molecule has 0 aromatic heterocycles. The van der Waals surface area contributed by atoms with Crippen LogP contribution >= 0.6 is 23.2 Å². The number of ether oxygens (including phenoxy) is 1. The van der Waals surface area contributed by atoms with E-state index in [4.69, 9.17) is 27.9 Å². The van der Waals surface area contributed by atoms with Crippen molar-refractivity contribution >= 4 is 34.2 Å². The molecule has 0 N–H and O–H groups in total. The topological polar surface area (TPSA) is 26.3 Å². The van der Waals surface area contributed by atoms with Gasteiger partial charge in [-0.1, -0.05) is 41.4 Å². The first-order valence-electron chi connectivity index (χ1n) is 4.86. The number of hydrogen-bond donors (Lipinski definition) is 0. The summed E-state index contributed by atoms with van der Waals surface area (Å²) in [5.74, 6) is -0.424. The van der Waals surface area contributed by atoms with Crippen molar-refractivity contribution in [1.29, 1.82) is 0 Å². The molecule has 0 heterocycles. The molecule has 0 radical (unpaired) electrons. The van der Waals surface area contributed by atoms with E-state index >= 15 is 0 Å². The highest BCUT2D eigenvalue weighted by Crippen LogP contribution is 2.29. The van der Waals surface area contributed by atoms with Crippen LogP contribution in [0, 0.1) is 0 Å². The fraction of sp³-hybridized carbons (Fsp3) is 0.250. The van der Waals surface area contributed by atoms with Crippen molar-refractivity contribution in [1.82, 2.24) is 0 Å². The quantitative estimate of drug-likeness (QED) is 0.608. The van der Waals surface area contributed by atoms with Gasteiger partial charge in [0.05, 0.1) is 17.2 Å². The van der Waals surface area contributed by atoms with Gasteiger partial charge in [0.25, 0.3) is 0 Å². The van der Waals surface area contributed by atoms with E-state index in [1.54, 1.807) is 32.0 Å². The lowest BCUT2D eigenvalue weighted by Crippen LogP contribution is -2.06. The summed E-state index contributed by atoms with van der Waals surface area (Å²) in [4.78, 5) is 11.5. The molecular formula is C12H12Cl2O2. The summed E-state index contributed by atoms with van der Waals surface area (Å²) in [6.45, 7) is 3.68. The lowest BCUT2D eigenvalue weighted by atomic mass is 10.1. The largest absolute Gasteiger partial charge is 0.463 e. The average molecular weight is 259 g/mol. The van der Waals surface area contributed by atoms with Crippen molar-refractivity contribution in [3.05, 3.63) is 40.4 Å². The molecule has 0 unspecified atom stereocenters. The highest BCUT2D eigenvalue weighted by molar-refractivity contribution is 6.52. The van der Waals surface area contributed by atoms with Gasteiger partial charge in [0.2, 0.25) is 0 Å². The third-order valence-corrected chi connectivity index (χ3v) is 2.84. The lowest BCUT2D eigenvalue weighted by molar-refractivity contribution is -0.138. The second-order valence-corrected chi connectivity index (χ2v) is 3.92. The summed E-state index contributed by atoms with van der Waals surface area (Å²) in [7, 11) is 0. The molecule has 0 aliphatic carbocycles. The zero-order chi connectivity index (χ0) is 12.1. The second-order valence-electron chi connectivity index (χ2n) is 3.14. The second kappa shape index (κ2) is 5.92. The Bertz CT molecular complexity index is 425. The van der Waals surface area contributed by atoms with Gasteiger partial charge < -0.3 is 4.74 Å². The molecule has 1 rings (SSSR count). The van der Waals surface area contributed by atoms with Crippen LogP contribution in [0.2, 0.25) is 5.02 Å². The number of benzene rings is 1. The van der Waals surface area contributed by atoms with Crippen LogP contribution < -0.4 is 0 Å². The lowest BCUT2D eigenvalue weighted by Gasteiger charge is -2.07. The molecule has 1 aromatic carbocycles. The number of carbonyl (C=O) groups excluding carboxylic acids is 1. The minimum absolute atomic E-state index is 0.322. The van der Waals surface area contributed by atoms with Crippen LogP contribution in [0.25, 0.3) is 5.03 Å². The maximum Gasteiger partial charge on any atom is 0.335 e. The van der Waals surface area contributed by atoms with E-state index in [0.717, 1.165) is 0 Å². The van der Waals surface area contributed by atoms with Crippen LogP contribution in [-0.2, 0) is 9.53 Å². The van der Waals surface area contributed by atoms with Crippen molar-refractivity contribution in [3.8, 4) is 0 Å². The molecule has 1 aromatic rings. The Hall–Kier alpha value is -0.990. The summed E-state index contributed by atoms with van der Waals surface area (Å²) in [5, 5.41) is 0.834. The van der Waals surface area contributed by atoms with Crippen LogP contribution in [0.1, 0.15) is 19.4 Å². The Morgan fingerprint density at radius 2 is 2.00 bits per heavy atom. The third kappa shape index (κ3) is 3.00. The van der Waals surface area contributed by atoms with Crippen molar-refractivity contribution in [2.75, 3.05) is 6.61 Å². The third-order valence-electron chi connectivity index (χ3n) is 2.02. The van der Waals surface area contributed by atoms with Gasteiger partial charge in [-0.05, 0) is 19.9 Å². The molecule has 0 atom stereocenters. The van der Waals surface area contributed by atoms with Crippen molar-refractivity contribution in [2.24, 2.45) is 0 Å². The van der Waals surface area contributed by atoms with Crippen LogP contribution in [-0.4, -0.2) is 12.6 Å². The molecule has 16 heavy (non-hydrogen) atoms. The van der Waals surface area contributed by atoms with Gasteiger partial charge in [0.15, 0.2) is 0 Å². The molecule has 0 spiro atoms. The van der Waals surface area contributed by atoms with E-state index in [1.807, 2.05) is 6.07 Å². The normalized spacial score (nSPS) is 12.0. The van der Waals surface area contributed by atoms with Gasteiger partial charge in [0, 0.05) is 10.6 Å². The van der Waals surface area contributed by atoms with Crippen LogP contribution in [0.5, 0.6) is 0 Å². The Balaban J connectivity index is 3.09. The van der Waals surface area contributed by atoms with Crippen molar-refractivity contribution in [3.63, 3.8) is 0 Å². The van der Waals surface area contributed by atoms with E-state index in [-0.39, 0.29) is 0 Å². The van der Waals surface area contributed by atoms with Crippen LogP contribution in [0.15, 0.2) is 29.8 Å². The molecule has 86 valence electrons. The maximum absolute atomic E-state index is 11.5. The van der Waals surface area contributed by atoms with E-state index in [2.05, 4.69) is 0 Å². The van der Waals surface area contributed by atoms with Gasteiger partial charge in [0.1, 0.15) is 0 Å². The highest BCUT2D eigenvalue weighted by Gasteiger charge is 2.13. The molecule has 0 amide bonds. The van der Waals surface area contributed by atoms with Crippen LogP contribution in [0.3, 0.4) is 0 Å². The first kappa shape index (κ1) is 13.1. The van der Waals surface area contributed by atoms with Gasteiger partial charge >= 0.3 is 5.97 Å². The van der Waals surface area contributed by atoms with E-state index in [0.29, 0.717) is 27.8 Å². The van der Waals surface area contributed by atoms with E-state index in [9.17, 15) is 4.79 Å². The van der Waals surface area contributed by atoms with Gasteiger partial charge in [-0.2, -0.15) is 0 Å². The Morgan fingerprint density at radius 1 is 1.38 bits per heavy atom. The standard InChI is InChI=1S/C12H12Cl2O2/c1-3-16-12(15)8(2)11(14)9-6-4-5-7-10(9)13/h4-7H,3H2,1-2H3. The molecule has 2 nitrogen and oxygen atoms in total. The fourth-order valence-corrected chi connectivity index (χ4v) is 1.69. The monoisotopic (exact) mass is 258 g/mol. The van der Waals surface area contributed by atoms with Crippen molar-refractivity contribution in [2.45, 2.75) is 13.8 Å². The molecular weight excluding hydrogens is 247 g/mol. The predicted molar refractivity (Wildman–Crippen MR) is 66.5 cm³/mol. The highest BCUT2D eigenvalue weighted by atomic mass is 35.5. The number of halogens is 2. The smallest absolute Gasteiger partial charge is 0.335 e. The minimum Gasteiger partial charge on any atom is -0.463 e. The molecule has 0 bridgehead atoms. The first-order valence-corrected chi connectivity index (χ1v) is 5.62. The summed E-state index contributed by atoms with van der Waals surface area (Å²) in [6, 6.07) is 7.09. The van der Waals surface area contributed by atoms with E-state index < -0.39 is 5.97 Å². The zero-order valence-electron chi connectivity index (χ0n) is 9.09. The average Bonchev–Trinajstić information content (AvgIpc) is 2.28. The van der Waals surface area contributed by atoms with Gasteiger partial charge in [-0.3, -0.25) is 0 Å². The summed E-state index contributed by atoms with van der Waals surface area (Å²) in [5.41, 5.74) is 0.994. The van der Waals surface area contributed by atoms with E-state index in [1.165, 1.54) is 0 Å². The minimum atomic E-state index is -0.424. The fourth-order valence-electron chi connectivity index (χ4n) is 1.17. The molecule has 0 saturated heterocycles. The molecule has 0 aliphatic rings. The number of rotatable bonds is 3. The van der Waals surface area contributed by atoms with Crippen LogP contribution in [0.4, 0.5) is 0 Å². The summed E-state index contributed by atoms with van der Waals surface area (Å²) in [6.07, 6.45) is 0. The number of hydrogen-bond acceptors (Lipinski definition) is 2. The summed E-state index contributed by atoms with van der Waals surface area (Å²) >= 11 is 12.1. The Labute approximate surface area is 105 Å². The SMILES string of the molecule is CCOC(=O)C(C)=C(Cl)c1ccccc1Cl. The number of esters is 1. The maximum atomic E-state index is 11.5. The zero-order valence-corrected chi connectivity index (χ0v) is 10.6. The van der Waals surface area contributed by atoms with Crippen molar-refractivity contribution < 1.29 is 9.53 Å². The molecule has 4 heteroatoms. The van der Waals surface area contributed by atoms with Gasteiger partial charge in [-0.15, -0.1) is 0 Å². The molecule has 0 saturated carbocycles. The Morgan fingerprint density at radius 3 is 2.56 bits per heavy atom.